The third-order valence-corrected chi connectivity index (χ3v) is 2.51. The number of nitrogens with zero attached hydrogens (tertiary/aromatic N) is 2. The van der Waals surface area contributed by atoms with Crippen molar-refractivity contribution in [3.63, 3.8) is 0 Å². The molecular weight excluding hydrogens is 208 g/mol. The normalized spacial score (nSPS) is 25.8. The molecule has 0 aliphatic carbocycles. The summed E-state index contributed by atoms with van der Waals surface area (Å²) < 4.78 is 0. The zero-order valence-corrected chi connectivity index (χ0v) is 8.33. The fourth-order valence-electron chi connectivity index (χ4n) is 1.07. The minimum Gasteiger partial charge on any atom is -0.300 e. The summed E-state index contributed by atoms with van der Waals surface area (Å²) in [5.74, 6) is 0.526. The number of carbonyl (C=O) groups excluding carboxylic acids is 1. The van der Waals surface area contributed by atoms with Crippen molar-refractivity contribution in [3.8, 4) is 0 Å². The molecule has 1 unspecified atom stereocenters. The summed E-state index contributed by atoms with van der Waals surface area (Å²) in [5, 5.41) is 5.68. The van der Waals surface area contributed by atoms with Gasteiger partial charge in [0, 0.05) is 0 Å². The molecule has 0 aromatic heterocycles. The maximum Gasteiger partial charge on any atom is 0.325 e. The number of carbonyl (C=O) groups is 1. The number of thiocarbonyl (C=S) groups is 1. The van der Waals surface area contributed by atoms with E-state index in [1.54, 1.807) is 0 Å². The molecule has 2 aliphatic heterocycles. The van der Waals surface area contributed by atoms with E-state index < -0.39 is 0 Å². The first kappa shape index (κ1) is 8.64. The first-order chi connectivity index (χ1) is 6.20. The Morgan fingerprint density at radius 2 is 2.31 bits per heavy atom. The van der Waals surface area contributed by atoms with Crippen molar-refractivity contribution in [2.45, 2.75) is 6.04 Å². The maximum atomic E-state index is 11.0. The first-order valence-electron chi connectivity index (χ1n) is 3.53. The lowest BCUT2D eigenvalue weighted by Crippen LogP contribution is -2.56. The lowest BCUT2D eigenvalue weighted by Gasteiger charge is -2.19. The molecule has 0 saturated carbocycles. The highest BCUT2D eigenvalue weighted by Gasteiger charge is 2.32. The molecule has 13 heavy (non-hydrogen) atoms. The summed E-state index contributed by atoms with van der Waals surface area (Å²) in [6.45, 7) is 0. The molecular formula is C6H6N4OS2. The molecule has 7 heteroatoms. The van der Waals surface area contributed by atoms with Crippen LogP contribution in [0, 0.1) is 0 Å². The summed E-state index contributed by atoms with van der Waals surface area (Å²) in [6.07, 6.45) is 1.87. The maximum absolute atomic E-state index is 11.0. The van der Waals surface area contributed by atoms with Crippen LogP contribution in [0.5, 0.6) is 0 Å². The summed E-state index contributed by atoms with van der Waals surface area (Å²) in [5.41, 5.74) is 0. The molecule has 2 heterocycles. The van der Waals surface area contributed by atoms with Crippen molar-refractivity contribution in [1.29, 1.82) is 0 Å². The molecule has 1 atom stereocenters. The number of amides is 2. The third kappa shape index (κ3) is 1.44. The predicted octanol–water partition coefficient (Wildman–Crippen LogP) is 0.126. The number of rotatable bonds is 0. The van der Waals surface area contributed by atoms with Crippen LogP contribution in [-0.2, 0) is 0 Å². The number of thioether (sulfide) groups is 1. The van der Waals surface area contributed by atoms with Gasteiger partial charge < -0.3 is 0 Å². The summed E-state index contributed by atoms with van der Waals surface area (Å²) in [4.78, 5) is 19.7. The van der Waals surface area contributed by atoms with E-state index in [1.165, 1.54) is 11.8 Å². The van der Waals surface area contributed by atoms with Crippen molar-refractivity contribution in [3.05, 3.63) is 0 Å². The second-order valence-electron chi connectivity index (χ2n) is 2.46. The van der Waals surface area contributed by atoms with Gasteiger partial charge in [0.15, 0.2) is 11.2 Å². The van der Waals surface area contributed by atoms with Crippen LogP contribution in [-0.4, -0.2) is 34.3 Å². The Morgan fingerprint density at radius 1 is 1.54 bits per heavy atom. The van der Waals surface area contributed by atoms with E-state index in [0.717, 1.165) is 0 Å². The van der Waals surface area contributed by atoms with E-state index in [9.17, 15) is 4.79 Å². The van der Waals surface area contributed by atoms with Gasteiger partial charge in [0.1, 0.15) is 10.8 Å². The zero-order chi connectivity index (χ0) is 9.42. The van der Waals surface area contributed by atoms with Crippen LogP contribution in [0.1, 0.15) is 0 Å². The quantitative estimate of drug-likeness (QED) is 0.563. The lowest BCUT2D eigenvalue weighted by molar-refractivity contribution is 0.248. The molecule has 5 nitrogen and oxygen atoms in total. The number of hydrogen-bond donors (Lipinski definition) is 2. The molecule has 1 fully saturated rings. The predicted molar refractivity (Wildman–Crippen MR) is 56.4 cm³/mol. The zero-order valence-electron chi connectivity index (χ0n) is 6.70. The van der Waals surface area contributed by atoms with Gasteiger partial charge in [0.2, 0.25) is 0 Å². The van der Waals surface area contributed by atoms with Crippen LogP contribution >= 0.6 is 24.0 Å². The van der Waals surface area contributed by atoms with Gasteiger partial charge in [-0.15, -0.1) is 0 Å². The first-order valence-corrected chi connectivity index (χ1v) is 5.16. The molecule has 68 valence electrons. The molecule has 0 radical (unpaired) electrons. The van der Waals surface area contributed by atoms with Gasteiger partial charge in [-0.3, -0.25) is 10.6 Å². The van der Waals surface area contributed by atoms with Crippen molar-refractivity contribution in [2.24, 2.45) is 9.98 Å². The van der Waals surface area contributed by atoms with Crippen LogP contribution in [0.2, 0.25) is 0 Å². The van der Waals surface area contributed by atoms with Crippen LogP contribution in [0.25, 0.3) is 0 Å². The summed E-state index contributed by atoms with van der Waals surface area (Å²) in [7, 11) is 0. The SMILES string of the molecule is CSC1=NC2C(=S)NC(=O)NC2=N1. The van der Waals surface area contributed by atoms with Gasteiger partial charge in [-0.05, 0) is 6.26 Å². The van der Waals surface area contributed by atoms with Gasteiger partial charge in [-0.1, -0.05) is 24.0 Å². The highest BCUT2D eigenvalue weighted by atomic mass is 32.2. The summed E-state index contributed by atoms with van der Waals surface area (Å²) in [6, 6.07) is -0.632. The Labute approximate surface area is 84.1 Å². The van der Waals surface area contributed by atoms with Gasteiger partial charge in [-0.25, -0.2) is 14.8 Å². The number of urea groups is 1. The van der Waals surface area contributed by atoms with Gasteiger partial charge >= 0.3 is 6.03 Å². The van der Waals surface area contributed by atoms with E-state index in [0.29, 0.717) is 16.0 Å². The van der Waals surface area contributed by atoms with Crippen molar-refractivity contribution in [2.75, 3.05) is 6.26 Å². The van der Waals surface area contributed by atoms with Gasteiger partial charge in [-0.2, -0.15) is 0 Å². The minimum atomic E-state index is -0.336. The van der Waals surface area contributed by atoms with Crippen LogP contribution in [0.4, 0.5) is 4.79 Å². The number of aliphatic imine (C=N–C) groups is 2. The van der Waals surface area contributed by atoms with Crippen molar-refractivity contribution < 1.29 is 4.79 Å². The Bertz CT molecular complexity index is 349. The molecule has 2 amide bonds. The van der Waals surface area contributed by atoms with E-state index in [2.05, 4.69) is 20.6 Å². The van der Waals surface area contributed by atoms with Crippen molar-refractivity contribution >= 4 is 46.0 Å². The Morgan fingerprint density at radius 3 is 3.00 bits per heavy atom. The van der Waals surface area contributed by atoms with Crippen molar-refractivity contribution in [1.82, 2.24) is 10.6 Å². The van der Waals surface area contributed by atoms with E-state index in [4.69, 9.17) is 12.2 Å². The molecule has 1 saturated heterocycles. The molecule has 2 rings (SSSR count). The third-order valence-electron chi connectivity index (χ3n) is 1.62. The highest BCUT2D eigenvalue weighted by Crippen LogP contribution is 2.14. The Kier molecular flexibility index (Phi) is 2.04. The fourth-order valence-corrected chi connectivity index (χ4v) is 1.73. The van der Waals surface area contributed by atoms with E-state index in [-0.39, 0.29) is 12.1 Å². The average Bonchev–Trinajstić information content (AvgIpc) is 2.47. The van der Waals surface area contributed by atoms with Gasteiger partial charge in [0.05, 0.1) is 0 Å². The monoisotopic (exact) mass is 214 g/mol. The number of fused-ring (bicyclic) bond motifs is 1. The standard InChI is InChI=1S/C6H6N4OS2/c1-13-6-7-2-3(9-6)8-5(11)10-4(2)12/h2H,1H3,(H2,7,8,9,10,11,12). The number of amidine groups is 2. The van der Waals surface area contributed by atoms with E-state index >= 15 is 0 Å². The molecule has 0 aromatic rings. The Hall–Kier alpha value is -0.950. The Balaban J connectivity index is 2.29. The second kappa shape index (κ2) is 3.08. The molecule has 2 aliphatic rings. The molecule has 0 spiro atoms. The fraction of sp³-hybridized carbons (Fsp3) is 0.333. The average molecular weight is 214 g/mol. The van der Waals surface area contributed by atoms with E-state index in [1.807, 2.05) is 6.26 Å². The number of hydrogen-bond acceptors (Lipinski definition) is 5. The number of nitrogens with one attached hydrogen (secondary N) is 2. The highest BCUT2D eigenvalue weighted by molar-refractivity contribution is 8.13. The van der Waals surface area contributed by atoms with Gasteiger partial charge in [0.25, 0.3) is 0 Å². The topological polar surface area (TPSA) is 65.8 Å². The molecule has 2 N–H and O–H groups in total. The lowest BCUT2D eigenvalue weighted by atomic mass is 10.2. The van der Waals surface area contributed by atoms with Crippen LogP contribution in [0.3, 0.4) is 0 Å². The molecule has 0 aromatic carbocycles. The van der Waals surface area contributed by atoms with Crippen LogP contribution in [0.15, 0.2) is 9.98 Å². The second-order valence-corrected chi connectivity index (χ2v) is 3.67. The smallest absolute Gasteiger partial charge is 0.300 e. The summed E-state index contributed by atoms with van der Waals surface area (Å²) >= 11 is 6.38. The molecule has 0 bridgehead atoms. The van der Waals surface area contributed by atoms with Crippen LogP contribution < -0.4 is 10.6 Å². The minimum absolute atomic E-state index is 0.296. The largest absolute Gasteiger partial charge is 0.325 e.